The molecule has 4 rings (SSSR count). The lowest BCUT2D eigenvalue weighted by molar-refractivity contribution is 0.0955. The van der Waals surface area contributed by atoms with Crippen molar-refractivity contribution in [3.8, 4) is 11.5 Å². The van der Waals surface area contributed by atoms with Gasteiger partial charge < -0.3 is 9.47 Å². The monoisotopic (exact) mass is 458 g/mol. The Hall–Kier alpha value is -3.83. The minimum Gasteiger partial charge on any atom is -0.494 e. The van der Waals surface area contributed by atoms with E-state index in [1.165, 1.54) is 6.21 Å². The van der Waals surface area contributed by atoms with Crippen LogP contribution >= 0.6 is 11.6 Å². The van der Waals surface area contributed by atoms with Crippen LogP contribution in [0.2, 0.25) is 5.02 Å². The molecule has 0 aromatic heterocycles. The zero-order valence-electron chi connectivity index (χ0n) is 18.1. The predicted octanol–water partition coefficient (Wildman–Crippen LogP) is 6.23. The van der Waals surface area contributed by atoms with Gasteiger partial charge in [-0.15, -0.1) is 0 Å². The second-order valence-electron chi connectivity index (χ2n) is 7.27. The summed E-state index contributed by atoms with van der Waals surface area (Å²) in [6.07, 6.45) is 1.52. The molecule has 0 unspecified atom stereocenters. The van der Waals surface area contributed by atoms with Crippen molar-refractivity contribution in [3.63, 3.8) is 0 Å². The second-order valence-corrected chi connectivity index (χ2v) is 7.70. The summed E-state index contributed by atoms with van der Waals surface area (Å²) in [5, 5.41) is 6.94. The summed E-state index contributed by atoms with van der Waals surface area (Å²) in [6, 6.07) is 26.5. The fraction of sp³-hybridized carbons (Fsp3) is 0.111. The van der Waals surface area contributed by atoms with E-state index < -0.39 is 0 Å². The highest BCUT2D eigenvalue weighted by molar-refractivity contribution is 6.30. The van der Waals surface area contributed by atoms with Gasteiger partial charge in [0.1, 0.15) is 18.1 Å². The summed E-state index contributed by atoms with van der Waals surface area (Å²) in [4.78, 5) is 12.4. The zero-order chi connectivity index (χ0) is 23.0. The number of ether oxygens (including phenoxy) is 2. The van der Waals surface area contributed by atoms with Gasteiger partial charge in [-0.25, -0.2) is 5.43 Å². The number of fused-ring (bicyclic) bond motifs is 1. The third kappa shape index (κ3) is 5.70. The number of benzene rings is 4. The highest BCUT2D eigenvalue weighted by Crippen LogP contribution is 2.25. The van der Waals surface area contributed by atoms with Crippen LogP contribution in [-0.4, -0.2) is 18.7 Å². The molecule has 0 heterocycles. The lowest BCUT2D eigenvalue weighted by Gasteiger charge is -2.11. The van der Waals surface area contributed by atoms with E-state index in [0.717, 1.165) is 16.3 Å². The number of hydrogen-bond donors (Lipinski definition) is 1. The first-order valence-corrected chi connectivity index (χ1v) is 11.0. The maximum Gasteiger partial charge on any atom is 0.271 e. The van der Waals surface area contributed by atoms with E-state index in [1.54, 1.807) is 42.5 Å². The summed E-state index contributed by atoms with van der Waals surface area (Å²) < 4.78 is 11.5. The fourth-order valence-corrected chi connectivity index (χ4v) is 3.60. The number of rotatable bonds is 8. The molecule has 5 nitrogen and oxygen atoms in total. The summed E-state index contributed by atoms with van der Waals surface area (Å²) in [6.45, 7) is 2.87. The van der Waals surface area contributed by atoms with E-state index in [4.69, 9.17) is 21.1 Å². The molecule has 0 atom stereocenters. The van der Waals surface area contributed by atoms with Crippen LogP contribution < -0.4 is 14.9 Å². The minimum atomic E-state index is -0.324. The smallest absolute Gasteiger partial charge is 0.271 e. The Morgan fingerprint density at radius 2 is 1.76 bits per heavy atom. The lowest BCUT2D eigenvalue weighted by Crippen LogP contribution is -2.17. The number of hydrogen-bond acceptors (Lipinski definition) is 4. The van der Waals surface area contributed by atoms with E-state index in [-0.39, 0.29) is 5.91 Å². The molecule has 4 aromatic carbocycles. The molecule has 0 aliphatic heterocycles. The summed E-state index contributed by atoms with van der Waals surface area (Å²) >= 11 is 6.17. The first-order valence-electron chi connectivity index (χ1n) is 10.6. The highest BCUT2D eigenvalue weighted by Gasteiger charge is 2.07. The van der Waals surface area contributed by atoms with Crippen molar-refractivity contribution in [2.45, 2.75) is 13.5 Å². The van der Waals surface area contributed by atoms with Gasteiger partial charge in [0.2, 0.25) is 0 Å². The van der Waals surface area contributed by atoms with Crippen molar-refractivity contribution in [2.24, 2.45) is 5.10 Å². The Balaban J connectivity index is 1.45. The summed E-state index contributed by atoms with van der Waals surface area (Å²) in [5.74, 6) is 1.01. The molecule has 33 heavy (non-hydrogen) atoms. The molecule has 166 valence electrons. The van der Waals surface area contributed by atoms with Gasteiger partial charge in [-0.2, -0.15) is 5.10 Å². The van der Waals surface area contributed by atoms with Gasteiger partial charge >= 0.3 is 0 Å². The third-order valence-electron chi connectivity index (χ3n) is 5.03. The van der Waals surface area contributed by atoms with Crippen molar-refractivity contribution >= 4 is 34.5 Å². The molecule has 1 N–H and O–H groups in total. The van der Waals surface area contributed by atoms with Crippen LogP contribution in [0.4, 0.5) is 0 Å². The molecular weight excluding hydrogens is 436 g/mol. The average Bonchev–Trinajstić information content (AvgIpc) is 2.84. The fourth-order valence-electron chi connectivity index (χ4n) is 3.42. The van der Waals surface area contributed by atoms with Gasteiger partial charge in [0.05, 0.1) is 12.8 Å². The first kappa shape index (κ1) is 22.4. The molecule has 1 amide bonds. The van der Waals surface area contributed by atoms with Gasteiger partial charge in [0.15, 0.2) is 0 Å². The van der Waals surface area contributed by atoms with E-state index in [9.17, 15) is 4.79 Å². The van der Waals surface area contributed by atoms with Crippen LogP contribution in [0.25, 0.3) is 10.8 Å². The van der Waals surface area contributed by atoms with Crippen LogP contribution in [0.1, 0.15) is 28.4 Å². The molecule has 0 bridgehead atoms. The second kappa shape index (κ2) is 10.7. The summed E-state index contributed by atoms with van der Waals surface area (Å²) in [5.41, 5.74) is 4.76. The number of nitrogens with zero attached hydrogens (tertiary/aromatic N) is 1. The maximum absolute atomic E-state index is 12.4. The normalized spacial score (nSPS) is 11.0. The maximum atomic E-state index is 12.4. The van der Waals surface area contributed by atoms with Crippen LogP contribution in [0.15, 0.2) is 90.0 Å². The van der Waals surface area contributed by atoms with Gasteiger partial charge in [0.25, 0.3) is 5.91 Å². The molecule has 4 aromatic rings. The van der Waals surface area contributed by atoms with Gasteiger partial charge in [-0.05, 0) is 65.7 Å². The average molecular weight is 459 g/mol. The minimum absolute atomic E-state index is 0.324. The van der Waals surface area contributed by atoms with Gasteiger partial charge in [0, 0.05) is 16.1 Å². The Morgan fingerprint density at radius 1 is 0.970 bits per heavy atom. The van der Waals surface area contributed by atoms with Crippen molar-refractivity contribution in [1.29, 1.82) is 0 Å². The quantitative estimate of drug-likeness (QED) is 0.251. The molecule has 0 fully saturated rings. The van der Waals surface area contributed by atoms with E-state index in [0.29, 0.717) is 40.9 Å². The molecule has 0 aliphatic carbocycles. The van der Waals surface area contributed by atoms with E-state index >= 15 is 0 Å². The number of nitrogens with one attached hydrogen (secondary N) is 1. The highest BCUT2D eigenvalue weighted by atomic mass is 35.5. The Bertz CT molecular complexity index is 1280. The van der Waals surface area contributed by atoms with Crippen molar-refractivity contribution in [1.82, 2.24) is 5.43 Å². The number of carbonyl (C=O) groups excluding carboxylic acids is 1. The van der Waals surface area contributed by atoms with Crippen molar-refractivity contribution in [3.05, 3.63) is 107 Å². The molecule has 0 spiro atoms. The Kier molecular flexibility index (Phi) is 7.22. The Morgan fingerprint density at radius 3 is 2.58 bits per heavy atom. The molecule has 6 heteroatoms. The SMILES string of the molecule is CCOc1ccc(C(=O)N/N=C\c2cc(Cl)ccc2OCc2cccc3ccccc23)cc1. The number of halogens is 1. The topological polar surface area (TPSA) is 59.9 Å². The van der Waals surface area contributed by atoms with Crippen molar-refractivity contribution < 1.29 is 14.3 Å². The van der Waals surface area contributed by atoms with Crippen LogP contribution in [-0.2, 0) is 6.61 Å². The van der Waals surface area contributed by atoms with E-state index in [1.807, 2.05) is 31.2 Å². The van der Waals surface area contributed by atoms with Crippen LogP contribution in [0, 0.1) is 0 Å². The molecule has 0 saturated heterocycles. The third-order valence-corrected chi connectivity index (χ3v) is 5.27. The van der Waals surface area contributed by atoms with Crippen LogP contribution in [0.3, 0.4) is 0 Å². The summed E-state index contributed by atoms with van der Waals surface area (Å²) in [7, 11) is 0. The largest absolute Gasteiger partial charge is 0.494 e. The molecule has 0 radical (unpaired) electrons. The number of hydrazone groups is 1. The Labute approximate surface area is 197 Å². The van der Waals surface area contributed by atoms with Crippen LogP contribution in [0.5, 0.6) is 11.5 Å². The van der Waals surface area contributed by atoms with Crippen molar-refractivity contribution in [2.75, 3.05) is 6.61 Å². The zero-order valence-corrected chi connectivity index (χ0v) is 18.9. The van der Waals surface area contributed by atoms with Gasteiger partial charge in [-0.3, -0.25) is 4.79 Å². The number of carbonyl (C=O) groups is 1. The number of amides is 1. The predicted molar refractivity (Wildman–Crippen MR) is 132 cm³/mol. The molecule has 0 aliphatic rings. The van der Waals surface area contributed by atoms with E-state index in [2.05, 4.69) is 28.7 Å². The van der Waals surface area contributed by atoms with Gasteiger partial charge in [-0.1, -0.05) is 54.1 Å². The first-order chi connectivity index (χ1) is 16.1. The molecular formula is C27H23ClN2O3. The standard InChI is InChI=1S/C27H23ClN2O3/c1-2-32-24-13-10-20(11-14-24)27(31)30-29-17-22-16-23(28)12-15-26(22)33-18-21-8-5-7-19-6-3-4-9-25(19)21/h3-17H,2,18H2,1H3,(H,30,31)/b29-17-. The molecule has 0 saturated carbocycles. The lowest BCUT2D eigenvalue weighted by atomic mass is 10.1.